The van der Waals surface area contributed by atoms with Crippen LogP contribution in [0.1, 0.15) is 0 Å². The molecular weight excluding hydrogens is 272 g/mol. The number of benzene rings is 1. The van der Waals surface area contributed by atoms with Gasteiger partial charge in [-0.2, -0.15) is 0 Å². The smallest absolute Gasteiger partial charge is 0.206 e. The van der Waals surface area contributed by atoms with Gasteiger partial charge in [-0.15, -0.1) is 0 Å². The van der Waals surface area contributed by atoms with E-state index in [0.717, 1.165) is 5.39 Å². The Bertz CT molecular complexity index is 520. The van der Waals surface area contributed by atoms with Gasteiger partial charge in [-0.1, -0.05) is 23.7 Å². The Hall–Kier alpha value is -0.380. The molecule has 0 radical (unpaired) electrons. The van der Waals surface area contributed by atoms with Crippen LogP contribution in [0.3, 0.4) is 0 Å². The number of rotatable bonds is 0. The molecule has 0 aliphatic heterocycles. The van der Waals surface area contributed by atoms with Crippen LogP contribution in [0.2, 0.25) is 5.02 Å². The van der Waals surface area contributed by atoms with E-state index < -0.39 is 0 Å². The van der Waals surface area contributed by atoms with Crippen LogP contribution in [0, 0.1) is 4.71 Å². The number of fused-ring (bicyclic) bond motifs is 1. The van der Waals surface area contributed by atoms with Crippen molar-refractivity contribution in [3.8, 4) is 0 Å². The Kier molecular flexibility index (Phi) is 2.41. The molecular formula is C9H4BrClOS. The van der Waals surface area contributed by atoms with Crippen LogP contribution in [0.25, 0.3) is 11.0 Å². The summed E-state index contributed by atoms with van der Waals surface area (Å²) in [6.07, 6.45) is 0. The zero-order chi connectivity index (χ0) is 9.42. The Morgan fingerprint density at radius 1 is 1.31 bits per heavy atom. The molecule has 0 aliphatic carbocycles. The van der Waals surface area contributed by atoms with Gasteiger partial charge < -0.3 is 4.42 Å². The quantitative estimate of drug-likeness (QED) is 0.653. The molecule has 0 saturated heterocycles. The van der Waals surface area contributed by atoms with Gasteiger partial charge in [-0.3, -0.25) is 0 Å². The summed E-state index contributed by atoms with van der Waals surface area (Å²) in [5, 5.41) is 1.47. The van der Waals surface area contributed by atoms with Crippen molar-refractivity contribution in [2.24, 2.45) is 0 Å². The highest BCUT2D eigenvalue weighted by atomic mass is 79.9. The van der Waals surface area contributed by atoms with E-state index in [1.54, 1.807) is 0 Å². The average Bonchev–Trinajstić information content (AvgIpc) is 2.15. The normalized spacial score (nSPS) is 10.6. The Morgan fingerprint density at radius 2 is 2.00 bits per heavy atom. The van der Waals surface area contributed by atoms with E-state index in [-0.39, 0.29) is 0 Å². The summed E-state index contributed by atoms with van der Waals surface area (Å²) in [6, 6.07) is 7.51. The second-order valence-corrected chi connectivity index (χ2v) is 4.06. The second-order valence-electron chi connectivity index (χ2n) is 2.51. The maximum absolute atomic E-state index is 6.06. The van der Waals surface area contributed by atoms with Gasteiger partial charge in [-0.25, -0.2) is 0 Å². The molecule has 0 spiro atoms. The summed E-state index contributed by atoms with van der Waals surface area (Å²) in [4.78, 5) is 0. The topological polar surface area (TPSA) is 13.1 Å². The lowest BCUT2D eigenvalue weighted by atomic mass is 10.2. The van der Waals surface area contributed by atoms with Crippen LogP contribution in [-0.2, 0) is 0 Å². The van der Waals surface area contributed by atoms with Gasteiger partial charge in [0.15, 0.2) is 0 Å². The van der Waals surface area contributed by atoms with E-state index in [1.807, 2.05) is 24.3 Å². The van der Waals surface area contributed by atoms with Crippen LogP contribution in [0.5, 0.6) is 0 Å². The summed E-state index contributed by atoms with van der Waals surface area (Å²) in [5.74, 6) is 0. The number of halogens is 2. The van der Waals surface area contributed by atoms with Crippen molar-refractivity contribution < 1.29 is 4.42 Å². The van der Waals surface area contributed by atoms with E-state index in [1.165, 1.54) is 0 Å². The largest absolute Gasteiger partial charge is 0.444 e. The molecule has 2 rings (SSSR count). The molecule has 1 aromatic heterocycles. The molecule has 0 fully saturated rings. The van der Waals surface area contributed by atoms with Gasteiger partial charge >= 0.3 is 0 Å². The summed E-state index contributed by atoms with van der Waals surface area (Å²) in [7, 11) is 0. The second kappa shape index (κ2) is 3.40. The van der Waals surface area contributed by atoms with Crippen molar-refractivity contribution in [1.29, 1.82) is 0 Å². The first-order valence-corrected chi connectivity index (χ1v) is 5.15. The maximum atomic E-state index is 6.06. The van der Waals surface area contributed by atoms with Crippen molar-refractivity contribution in [1.82, 2.24) is 0 Å². The first kappa shape index (κ1) is 9.19. The standard InChI is InChI=1S/C9H4BrClOS/c10-7-8(11)5-3-1-2-4-6(5)12-9(7)13/h1-4H. The van der Waals surface area contributed by atoms with Gasteiger partial charge in [0.1, 0.15) is 5.58 Å². The van der Waals surface area contributed by atoms with Crippen LogP contribution in [0.15, 0.2) is 33.2 Å². The Labute approximate surface area is 93.4 Å². The summed E-state index contributed by atoms with van der Waals surface area (Å²) in [6.45, 7) is 0. The molecule has 0 atom stereocenters. The first-order valence-electron chi connectivity index (χ1n) is 3.57. The minimum atomic E-state index is 0.378. The fraction of sp³-hybridized carbons (Fsp3) is 0. The Morgan fingerprint density at radius 3 is 2.77 bits per heavy atom. The highest BCUT2D eigenvalue weighted by Gasteiger charge is 2.06. The highest BCUT2D eigenvalue weighted by Crippen LogP contribution is 2.31. The van der Waals surface area contributed by atoms with E-state index in [0.29, 0.717) is 19.8 Å². The number of hydrogen-bond acceptors (Lipinski definition) is 2. The van der Waals surface area contributed by atoms with Gasteiger partial charge in [-0.05, 0) is 40.3 Å². The molecule has 1 heterocycles. The fourth-order valence-electron chi connectivity index (χ4n) is 1.09. The van der Waals surface area contributed by atoms with Crippen LogP contribution in [-0.4, -0.2) is 0 Å². The molecule has 0 aliphatic rings. The van der Waals surface area contributed by atoms with Crippen molar-refractivity contribution in [3.63, 3.8) is 0 Å². The summed E-state index contributed by atoms with van der Waals surface area (Å²) in [5.41, 5.74) is 0.709. The van der Waals surface area contributed by atoms with Crippen molar-refractivity contribution >= 4 is 50.7 Å². The molecule has 13 heavy (non-hydrogen) atoms. The number of para-hydroxylation sites is 1. The maximum Gasteiger partial charge on any atom is 0.206 e. The molecule has 1 aromatic carbocycles. The SMILES string of the molecule is S=c1oc2ccccc2c(Cl)c1Br. The monoisotopic (exact) mass is 274 g/mol. The molecule has 0 amide bonds. The van der Waals surface area contributed by atoms with Crippen molar-refractivity contribution in [2.45, 2.75) is 0 Å². The minimum Gasteiger partial charge on any atom is -0.444 e. The lowest BCUT2D eigenvalue weighted by Gasteiger charge is -2.00. The lowest BCUT2D eigenvalue weighted by Crippen LogP contribution is -1.76. The molecule has 1 nitrogen and oxygen atoms in total. The summed E-state index contributed by atoms with van der Waals surface area (Å²) < 4.78 is 6.38. The minimum absolute atomic E-state index is 0.378. The van der Waals surface area contributed by atoms with E-state index in [4.69, 9.17) is 28.2 Å². The third-order valence-electron chi connectivity index (χ3n) is 1.70. The van der Waals surface area contributed by atoms with Crippen LogP contribution in [0.4, 0.5) is 0 Å². The predicted octanol–water partition coefficient (Wildman–Crippen LogP) is 4.58. The molecule has 2 aromatic rings. The van der Waals surface area contributed by atoms with Crippen molar-refractivity contribution in [2.75, 3.05) is 0 Å². The fourth-order valence-corrected chi connectivity index (χ4v) is 1.87. The van der Waals surface area contributed by atoms with Gasteiger partial charge in [0.25, 0.3) is 0 Å². The average molecular weight is 276 g/mol. The molecule has 66 valence electrons. The van der Waals surface area contributed by atoms with Crippen LogP contribution >= 0.6 is 39.7 Å². The third-order valence-corrected chi connectivity index (χ3v) is 3.63. The molecule has 4 heteroatoms. The Balaban J connectivity index is 3.02. The summed E-state index contributed by atoms with van der Waals surface area (Å²) >= 11 is 14.3. The predicted molar refractivity (Wildman–Crippen MR) is 59.8 cm³/mol. The highest BCUT2D eigenvalue weighted by molar-refractivity contribution is 9.10. The van der Waals surface area contributed by atoms with Crippen LogP contribution < -0.4 is 0 Å². The van der Waals surface area contributed by atoms with Gasteiger partial charge in [0.05, 0.1) is 9.50 Å². The van der Waals surface area contributed by atoms with Crippen molar-refractivity contribution in [3.05, 3.63) is 38.5 Å². The number of hydrogen-bond donors (Lipinski definition) is 0. The zero-order valence-electron chi connectivity index (χ0n) is 6.38. The van der Waals surface area contributed by atoms with E-state index in [2.05, 4.69) is 15.9 Å². The zero-order valence-corrected chi connectivity index (χ0v) is 9.54. The molecule has 0 N–H and O–H groups in total. The third kappa shape index (κ3) is 1.52. The van der Waals surface area contributed by atoms with Gasteiger partial charge in [0.2, 0.25) is 4.71 Å². The molecule has 0 saturated carbocycles. The molecule has 0 bridgehead atoms. The van der Waals surface area contributed by atoms with Gasteiger partial charge in [0, 0.05) is 5.39 Å². The first-order chi connectivity index (χ1) is 6.20. The van der Waals surface area contributed by atoms with E-state index >= 15 is 0 Å². The molecule has 0 unspecified atom stereocenters. The lowest BCUT2D eigenvalue weighted by molar-refractivity contribution is 0.583. The van der Waals surface area contributed by atoms with E-state index in [9.17, 15) is 0 Å².